The Balaban J connectivity index is 2.18. The van der Waals surface area contributed by atoms with Crippen LogP contribution in [0.4, 0.5) is 0 Å². The van der Waals surface area contributed by atoms with Gasteiger partial charge in [-0.15, -0.1) is 0 Å². The number of nitrogens with one attached hydrogen (secondary N) is 1. The van der Waals surface area contributed by atoms with Crippen LogP contribution in [0.15, 0.2) is 48.5 Å². The highest BCUT2D eigenvalue weighted by atomic mass is 35.5. The summed E-state index contributed by atoms with van der Waals surface area (Å²) in [7, 11) is 0. The maximum Gasteiger partial charge on any atom is 0.326 e. The molecule has 0 aromatic heterocycles. The second-order valence-corrected chi connectivity index (χ2v) is 5.47. The molecule has 2 aromatic carbocycles. The molecule has 0 saturated carbocycles. The molecule has 0 saturated heterocycles. The van der Waals surface area contributed by atoms with Crippen molar-refractivity contribution >= 4 is 35.1 Å². The molecular weight excluding hydrogens is 325 g/mol. The fraction of sp³-hybridized carbons (Fsp3) is 0.125. The zero-order chi connectivity index (χ0) is 16.1. The van der Waals surface area contributed by atoms with Crippen molar-refractivity contribution in [3.63, 3.8) is 0 Å². The molecule has 0 heterocycles. The lowest BCUT2D eigenvalue weighted by atomic mass is 10.1. The molecule has 0 fully saturated rings. The lowest BCUT2D eigenvalue weighted by molar-refractivity contribution is -0.139. The lowest BCUT2D eigenvalue weighted by Gasteiger charge is -2.15. The van der Waals surface area contributed by atoms with E-state index in [2.05, 4.69) is 5.32 Å². The van der Waals surface area contributed by atoms with Crippen molar-refractivity contribution in [1.82, 2.24) is 5.32 Å². The minimum Gasteiger partial charge on any atom is -0.480 e. The Morgan fingerprint density at radius 1 is 1.00 bits per heavy atom. The number of rotatable bonds is 5. The van der Waals surface area contributed by atoms with Crippen LogP contribution in [0, 0.1) is 0 Å². The van der Waals surface area contributed by atoms with Crippen LogP contribution in [0.2, 0.25) is 10.0 Å². The third-order valence-corrected chi connectivity index (χ3v) is 3.71. The number of carboxylic acids is 1. The van der Waals surface area contributed by atoms with Crippen molar-refractivity contribution in [3.8, 4) is 0 Å². The predicted molar refractivity (Wildman–Crippen MR) is 85.5 cm³/mol. The van der Waals surface area contributed by atoms with E-state index < -0.39 is 17.9 Å². The number of carbonyl (C=O) groups excluding carboxylic acids is 1. The highest BCUT2D eigenvalue weighted by Crippen LogP contribution is 2.24. The van der Waals surface area contributed by atoms with Crippen LogP contribution in [-0.2, 0) is 11.2 Å². The summed E-state index contributed by atoms with van der Waals surface area (Å²) in [6, 6.07) is 12.6. The van der Waals surface area contributed by atoms with Crippen molar-refractivity contribution < 1.29 is 14.7 Å². The average molecular weight is 338 g/mol. The van der Waals surface area contributed by atoms with Gasteiger partial charge in [0.25, 0.3) is 5.91 Å². The SMILES string of the molecule is O=C(N[C@@H](Cc1ccccc1)C(=O)O)c1c(Cl)cccc1Cl. The Labute approximate surface area is 137 Å². The number of carboxylic acid groups (broad SMARTS) is 1. The van der Waals surface area contributed by atoms with Gasteiger partial charge in [0.15, 0.2) is 0 Å². The van der Waals surface area contributed by atoms with Gasteiger partial charge < -0.3 is 10.4 Å². The molecule has 2 rings (SSSR count). The fourth-order valence-electron chi connectivity index (χ4n) is 2.00. The quantitative estimate of drug-likeness (QED) is 0.878. The number of carbonyl (C=O) groups is 2. The maximum absolute atomic E-state index is 12.2. The molecule has 2 aromatic rings. The summed E-state index contributed by atoms with van der Waals surface area (Å²) in [5, 5.41) is 12.1. The van der Waals surface area contributed by atoms with Crippen LogP contribution in [0.25, 0.3) is 0 Å². The number of aliphatic carboxylic acids is 1. The maximum atomic E-state index is 12.2. The number of halogens is 2. The molecule has 0 bridgehead atoms. The first kappa shape index (κ1) is 16.3. The molecule has 22 heavy (non-hydrogen) atoms. The van der Waals surface area contributed by atoms with E-state index in [0.717, 1.165) is 5.56 Å². The van der Waals surface area contributed by atoms with Gasteiger partial charge in [-0.2, -0.15) is 0 Å². The first-order chi connectivity index (χ1) is 10.5. The Bertz CT molecular complexity index is 669. The molecule has 1 amide bonds. The second-order valence-electron chi connectivity index (χ2n) is 4.65. The Kier molecular flexibility index (Phi) is 5.41. The van der Waals surface area contributed by atoms with E-state index in [-0.39, 0.29) is 22.0 Å². The monoisotopic (exact) mass is 337 g/mol. The summed E-state index contributed by atoms with van der Waals surface area (Å²) in [6.45, 7) is 0. The van der Waals surface area contributed by atoms with Crippen LogP contribution in [-0.4, -0.2) is 23.0 Å². The van der Waals surface area contributed by atoms with E-state index in [1.54, 1.807) is 30.3 Å². The van der Waals surface area contributed by atoms with E-state index in [1.807, 2.05) is 6.07 Å². The summed E-state index contributed by atoms with van der Waals surface area (Å²) in [4.78, 5) is 23.6. The molecule has 2 N–H and O–H groups in total. The molecule has 0 aliphatic heterocycles. The molecule has 0 radical (unpaired) electrons. The summed E-state index contributed by atoms with van der Waals surface area (Å²) in [6.07, 6.45) is 0.171. The van der Waals surface area contributed by atoms with Gasteiger partial charge in [-0.1, -0.05) is 59.6 Å². The number of amides is 1. The van der Waals surface area contributed by atoms with Crippen molar-refractivity contribution in [2.24, 2.45) is 0 Å². The molecule has 1 atom stereocenters. The van der Waals surface area contributed by atoms with Crippen LogP contribution in [0.5, 0.6) is 0 Å². The first-order valence-corrected chi connectivity index (χ1v) is 7.26. The van der Waals surface area contributed by atoms with E-state index in [0.29, 0.717) is 0 Å². The van der Waals surface area contributed by atoms with Gasteiger partial charge in [-0.3, -0.25) is 4.79 Å². The van der Waals surface area contributed by atoms with Crippen molar-refractivity contribution in [1.29, 1.82) is 0 Å². The minimum absolute atomic E-state index is 0.0742. The smallest absolute Gasteiger partial charge is 0.326 e. The van der Waals surface area contributed by atoms with Crippen molar-refractivity contribution in [3.05, 3.63) is 69.7 Å². The second kappa shape index (κ2) is 7.29. The third kappa shape index (κ3) is 4.00. The highest BCUT2D eigenvalue weighted by Gasteiger charge is 2.23. The van der Waals surface area contributed by atoms with Crippen molar-refractivity contribution in [2.75, 3.05) is 0 Å². The minimum atomic E-state index is -1.12. The highest BCUT2D eigenvalue weighted by molar-refractivity contribution is 6.39. The van der Waals surface area contributed by atoms with E-state index in [4.69, 9.17) is 23.2 Å². The van der Waals surface area contributed by atoms with Crippen LogP contribution in [0.3, 0.4) is 0 Å². The molecule has 0 unspecified atom stereocenters. The van der Waals surface area contributed by atoms with Gasteiger partial charge in [0.1, 0.15) is 6.04 Å². The van der Waals surface area contributed by atoms with Crippen LogP contribution < -0.4 is 5.32 Å². The fourth-order valence-corrected chi connectivity index (χ4v) is 2.56. The lowest BCUT2D eigenvalue weighted by Crippen LogP contribution is -2.42. The molecule has 114 valence electrons. The summed E-state index contributed by atoms with van der Waals surface area (Å²) in [5.74, 6) is -1.74. The van der Waals surface area contributed by atoms with Gasteiger partial charge in [-0.05, 0) is 17.7 Å². The number of hydrogen-bond donors (Lipinski definition) is 2. The van der Waals surface area contributed by atoms with Crippen LogP contribution in [0.1, 0.15) is 15.9 Å². The standard InChI is InChI=1S/C16H13Cl2NO3/c17-11-7-4-8-12(18)14(11)15(20)19-13(16(21)22)9-10-5-2-1-3-6-10/h1-8,13H,9H2,(H,19,20)(H,21,22)/t13-/m0/s1. The van der Waals surface area contributed by atoms with E-state index >= 15 is 0 Å². The molecule has 4 nitrogen and oxygen atoms in total. The Morgan fingerprint density at radius 3 is 2.14 bits per heavy atom. The predicted octanol–water partition coefficient (Wildman–Crippen LogP) is 3.42. The number of hydrogen-bond acceptors (Lipinski definition) is 2. The van der Waals surface area contributed by atoms with Gasteiger partial charge >= 0.3 is 5.97 Å². The average Bonchev–Trinajstić information content (AvgIpc) is 2.47. The van der Waals surface area contributed by atoms with Crippen LogP contribution >= 0.6 is 23.2 Å². The third-order valence-electron chi connectivity index (χ3n) is 3.08. The molecular formula is C16H13Cl2NO3. The number of benzene rings is 2. The van der Waals surface area contributed by atoms with E-state index in [9.17, 15) is 14.7 Å². The topological polar surface area (TPSA) is 66.4 Å². The summed E-state index contributed by atoms with van der Waals surface area (Å²) < 4.78 is 0. The molecule has 0 aliphatic carbocycles. The summed E-state index contributed by atoms with van der Waals surface area (Å²) in [5.41, 5.74) is 0.880. The zero-order valence-corrected chi connectivity index (χ0v) is 12.9. The van der Waals surface area contributed by atoms with Gasteiger partial charge in [-0.25, -0.2) is 4.79 Å². The van der Waals surface area contributed by atoms with Gasteiger partial charge in [0.05, 0.1) is 15.6 Å². The normalized spacial score (nSPS) is 11.7. The van der Waals surface area contributed by atoms with Gasteiger partial charge in [0.2, 0.25) is 0 Å². The largest absolute Gasteiger partial charge is 0.480 e. The Hall–Kier alpha value is -2.04. The summed E-state index contributed by atoms with van der Waals surface area (Å²) >= 11 is 11.9. The molecule has 0 spiro atoms. The zero-order valence-electron chi connectivity index (χ0n) is 11.4. The molecule has 6 heteroatoms. The first-order valence-electron chi connectivity index (χ1n) is 6.50. The van der Waals surface area contributed by atoms with E-state index in [1.165, 1.54) is 12.1 Å². The Morgan fingerprint density at radius 2 is 1.59 bits per heavy atom. The van der Waals surface area contributed by atoms with Crippen molar-refractivity contribution in [2.45, 2.75) is 12.5 Å². The van der Waals surface area contributed by atoms with Gasteiger partial charge in [0, 0.05) is 6.42 Å². The molecule has 0 aliphatic rings.